The third-order valence-electron chi connectivity index (χ3n) is 6.56. The third-order valence-corrected chi connectivity index (χ3v) is 7.36. The minimum atomic E-state index is -5.06. The number of carbonyl (C=O) groups excluding carboxylic acids is 1. The number of thiazole rings is 1. The Balaban J connectivity index is 1.51. The van der Waals surface area contributed by atoms with Crippen molar-refractivity contribution in [3.8, 4) is 16.3 Å². The fraction of sp³-hybridized carbons (Fsp3) is 0.500. The highest BCUT2D eigenvalue weighted by molar-refractivity contribution is 7.13. The number of likely N-dealkylation sites (tertiary alicyclic amines) is 1. The molecule has 1 amide bonds. The molecule has 13 heteroatoms. The van der Waals surface area contributed by atoms with Gasteiger partial charge in [0.05, 0.1) is 29.8 Å². The van der Waals surface area contributed by atoms with E-state index in [1.165, 1.54) is 22.3 Å². The highest BCUT2D eigenvalue weighted by atomic mass is 32.1. The molecule has 1 aromatic carbocycles. The number of oxazole rings is 1. The molecule has 2 atom stereocenters. The number of nitrogens with one attached hydrogen (secondary N) is 1. The first-order valence-corrected chi connectivity index (χ1v) is 12.1. The van der Waals surface area contributed by atoms with Crippen molar-refractivity contribution in [2.75, 3.05) is 31.1 Å². The lowest BCUT2D eigenvalue weighted by Gasteiger charge is -2.44. The van der Waals surface area contributed by atoms with Gasteiger partial charge in [0.15, 0.2) is 16.8 Å². The average Bonchev–Trinajstić information content (AvgIpc) is 3.51. The molecular weight excluding hydrogens is 487 g/mol. The number of benzene rings is 1. The number of ether oxygens (including phenoxy) is 1. The molecule has 35 heavy (non-hydrogen) atoms. The molecule has 2 unspecified atom stereocenters. The van der Waals surface area contributed by atoms with Gasteiger partial charge in [-0.3, -0.25) is 4.79 Å². The third kappa shape index (κ3) is 4.10. The predicted octanol–water partition coefficient (Wildman–Crippen LogP) is 3.00. The molecule has 3 aromatic rings. The summed E-state index contributed by atoms with van der Waals surface area (Å²) in [5.74, 6) is -1.40. The van der Waals surface area contributed by atoms with E-state index >= 15 is 0 Å². The summed E-state index contributed by atoms with van der Waals surface area (Å²) in [4.78, 5) is 25.1. The fourth-order valence-corrected chi connectivity index (χ4v) is 5.77. The van der Waals surface area contributed by atoms with Crippen molar-refractivity contribution in [1.29, 1.82) is 0 Å². The number of aliphatic hydroxyl groups is 1. The second kappa shape index (κ2) is 7.80. The van der Waals surface area contributed by atoms with Gasteiger partial charge in [-0.2, -0.15) is 4.98 Å². The Hall–Kier alpha value is -2.90. The van der Waals surface area contributed by atoms with Crippen molar-refractivity contribution < 1.29 is 32.2 Å². The molecule has 9 nitrogen and oxygen atoms in total. The van der Waals surface area contributed by atoms with E-state index in [1.807, 2.05) is 4.90 Å². The molecule has 3 fully saturated rings. The number of β-amino-alcohol motifs (C(OH)–C–C–N with tert-alkyl or cyclic N) is 1. The maximum Gasteiger partial charge on any atom is 0.573 e. The standard InChI is InChI=1S/C22H22F3N5O4S/c1-21(32)9-30(10-21)19(31)14-6-13(18-26-4-5-35-18)16-15(17(14)34-22(23,24)25)28-20(33-16)29-7-11-2-3-12(8-29)27-11/h4-6,11-12,27,32H,2-3,7-10H2,1H3. The molecule has 0 saturated carbocycles. The molecule has 3 aliphatic heterocycles. The Morgan fingerprint density at radius 1 is 1.31 bits per heavy atom. The van der Waals surface area contributed by atoms with Crippen LogP contribution in [0.3, 0.4) is 0 Å². The van der Waals surface area contributed by atoms with Crippen molar-refractivity contribution in [2.45, 2.75) is 43.8 Å². The number of alkyl halides is 3. The molecule has 0 radical (unpaired) electrons. The summed E-state index contributed by atoms with van der Waals surface area (Å²) in [5, 5.41) is 15.7. The van der Waals surface area contributed by atoms with Crippen molar-refractivity contribution in [3.05, 3.63) is 23.2 Å². The lowest BCUT2D eigenvalue weighted by molar-refractivity contribution is -0.274. The normalized spacial score (nSPS) is 23.6. The van der Waals surface area contributed by atoms with Crippen molar-refractivity contribution in [2.24, 2.45) is 0 Å². The Labute approximate surface area is 201 Å². The molecule has 2 N–H and O–H groups in total. The van der Waals surface area contributed by atoms with Crippen LogP contribution in [-0.4, -0.2) is 76.1 Å². The molecule has 0 spiro atoms. The SMILES string of the molecule is CC1(O)CN(C(=O)c2cc(-c3nccs3)c3oc(N4CC5CCC(C4)N5)nc3c2OC(F)(F)F)C1. The fourth-order valence-electron chi connectivity index (χ4n) is 5.12. The molecule has 3 saturated heterocycles. The molecular formula is C22H22F3N5O4S. The van der Waals surface area contributed by atoms with Crippen molar-refractivity contribution in [3.63, 3.8) is 0 Å². The quantitative estimate of drug-likeness (QED) is 0.553. The maximum atomic E-state index is 13.5. The number of rotatable bonds is 4. The molecule has 2 aromatic heterocycles. The van der Waals surface area contributed by atoms with E-state index in [0.717, 1.165) is 12.8 Å². The van der Waals surface area contributed by atoms with Gasteiger partial charge in [0, 0.05) is 36.8 Å². The average molecular weight is 510 g/mol. The van der Waals surface area contributed by atoms with Crippen molar-refractivity contribution in [1.82, 2.24) is 20.2 Å². The van der Waals surface area contributed by atoms with Gasteiger partial charge in [-0.15, -0.1) is 24.5 Å². The van der Waals surface area contributed by atoms with Gasteiger partial charge in [-0.1, -0.05) is 0 Å². The second-order valence-electron chi connectivity index (χ2n) is 9.56. The Kier molecular flexibility index (Phi) is 5.03. The Morgan fingerprint density at radius 2 is 2.03 bits per heavy atom. The first kappa shape index (κ1) is 22.6. The monoisotopic (exact) mass is 509 g/mol. The van der Waals surface area contributed by atoms with E-state index in [9.17, 15) is 23.1 Å². The highest BCUT2D eigenvalue weighted by Gasteiger charge is 2.43. The highest BCUT2D eigenvalue weighted by Crippen LogP contribution is 2.43. The van der Waals surface area contributed by atoms with E-state index in [0.29, 0.717) is 23.7 Å². The van der Waals surface area contributed by atoms with Crippen LogP contribution in [0.5, 0.6) is 5.75 Å². The van der Waals surface area contributed by atoms with Crippen LogP contribution in [0.2, 0.25) is 0 Å². The molecule has 3 aliphatic rings. The zero-order valence-electron chi connectivity index (χ0n) is 18.6. The number of hydrogen-bond donors (Lipinski definition) is 2. The summed E-state index contributed by atoms with van der Waals surface area (Å²) in [6, 6.07) is 2.00. The Bertz CT molecular complexity index is 1270. The molecule has 5 heterocycles. The number of amides is 1. The van der Waals surface area contributed by atoms with Crippen LogP contribution in [0, 0.1) is 0 Å². The predicted molar refractivity (Wildman–Crippen MR) is 120 cm³/mol. The zero-order valence-corrected chi connectivity index (χ0v) is 19.4. The molecule has 0 aliphatic carbocycles. The number of anilines is 1. The van der Waals surface area contributed by atoms with Gasteiger partial charge in [0.25, 0.3) is 11.9 Å². The van der Waals surface area contributed by atoms with Crippen LogP contribution in [0.15, 0.2) is 22.1 Å². The van der Waals surface area contributed by atoms with Crippen LogP contribution in [0.25, 0.3) is 21.7 Å². The number of fused-ring (bicyclic) bond motifs is 3. The van der Waals surface area contributed by atoms with Crippen LogP contribution in [0.1, 0.15) is 30.1 Å². The van der Waals surface area contributed by atoms with E-state index in [4.69, 9.17) is 4.42 Å². The minimum Gasteiger partial charge on any atom is -0.422 e. The number of carbonyl (C=O) groups is 1. The molecule has 186 valence electrons. The first-order chi connectivity index (χ1) is 16.6. The van der Waals surface area contributed by atoms with E-state index in [-0.39, 0.29) is 47.9 Å². The minimum absolute atomic E-state index is 0.00443. The van der Waals surface area contributed by atoms with Gasteiger partial charge in [-0.25, -0.2) is 4.98 Å². The summed E-state index contributed by atoms with van der Waals surface area (Å²) < 4.78 is 51.0. The largest absolute Gasteiger partial charge is 0.573 e. The van der Waals surface area contributed by atoms with Gasteiger partial charge in [0.1, 0.15) is 5.01 Å². The topological polar surface area (TPSA) is 104 Å². The second-order valence-corrected chi connectivity index (χ2v) is 10.5. The van der Waals surface area contributed by atoms with Gasteiger partial charge < -0.3 is 29.4 Å². The van der Waals surface area contributed by atoms with Gasteiger partial charge in [-0.05, 0) is 25.8 Å². The van der Waals surface area contributed by atoms with Crippen LogP contribution < -0.4 is 15.0 Å². The number of halogens is 3. The molecule has 6 rings (SSSR count). The summed E-state index contributed by atoms with van der Waals surface area (Å²) in [5.41, 5.74) is -1.15. The van der Waals surface area contributed by atoms with E-state index < -0.39 is 23.6 Å². The maximum absolute atomic E-state index is 13.5. The number of hydrogen-bond acceptors (Lipinski definition) is 9. The summed E-state index contributed by atoms with van der Waals surface area (Å²) >= 11 is 1.26. The summed E-state index contributed by atoms with van der Waals surface area (Å²) in [6.07, 6.45) is -1.48. The number of nitrogens with zero attached hydrogens (tertiary/aromatic N) is 4. The molecule has 2 bridgehead atoms. The van der Waals surface area contributed by atoms with E-state index in [1.54, 1.807) is 18.5 Å². The van der Waals surface area contributed by atoms with Crippen LogP contribution in [0.4, 0.5) is 19.2 Å². The summed E-state index contributed by atoms with van der Waals surface area (Å²) in [7, 11) is 0. The Morgan fingerprint density at radius 3 is 2.63 bits per heavy atom. The number of aromatic nitrogens is 2. The van der Waals surface area contributed by atoms with Crippen LogP contribution >= 0.6 is 11.3 Å². The van der Waals surface area contributed by atoms with Gasteiger partial charge >= 0.3 is 6.36 Å². The lowest BCUT2D eigenvalue weighted by atomic mass is 9.95. The van der Waals surface area contributed by atoms with E-state index in [2.05, 4.69) is 20.0 Å². The lowest BCUT2D eigenvalue weighted by Crippen LogP contribution is -2.61. The first-order valence-electron chi connectivity index (χ1n) is 11.2. The number of piperazine rings is 1. The smallest absolute Gasteiger partial charge is 0.422 e. The van der Waals surface area contributed by atoms with Crippen molar-refractivity contribution >= 4 is 34.4 Å². The summed E-state index contributed by atoms with van der Waals surface area (Å²) in [6.45, 7) is 2.77. The zero-order chi connectivity index (χ0) is 24.5. The van der Waals surface area contributed by atoms with Gasteiger partial charge in [0.2, 0.25) is 0 Å². The van der Waals surface area contributed by atoms with Crippen LogP contribution in [-0.2, 0) is 0 Å².